The van der Waals surface area contributed by atoms with Gasteiger partial charge in [-0.25, -0.2) is 9.59 Å². The fraction of sp³-hybridized carbons (Fsp3) is 0.182. The van der Waals surface area contributed by atoms with Crippen molar-refractivity contribution in [2.75, 3.05) is 14.1 Å². The summed E-state index contributed by atoms with van der Waals surface area (Å²) in [6, 6.07) is 4.24. The van der Waals surface area contributed by atoms with E-state index in [0.717, 1.165) is 0 Å². The normalized spacial score (nSPS) is 10.5. The highest BCUT2D eigenvalue weighted by Gasteiger charge is 2.13. The number of amides is 1. The lowest BCUT2D eigenvalue weighted by Gasteiger charge is -2.10. The van der Waals surface area contributed by atoms with Crippen LogP contribution in [0.2, 0.25) is 0 Å². The first-order valence-electron chi connectivity index (χ1n) is 4.93. The SMILES string of the molecule is CN(C)C(=O)n1ncc2cc(C(=O)O)ccc21. The van der Waals surface area contributed by atoms with Crippen molar-refractivity contribution in [1.82, 2.24) is 14.7 Å². The molecule has 0 aliphatic heterocycles. The molecule has 0 saturated heterocycles. The van der Waals surface area contributed by atoms with Crippen LogP contribution in [-0.2, 0) is 0 Å². The van der Waals surface area contributed by atoms with Crippen LogP contribution in [0.3, 0.4) is 0 Å². The van der Waals surface area contributed by atoms with Gasteiger partial charge in [0.25, 0.3) is 0 Å². The van der Waals surface area contributed by atoms with E-state index in [-0.39, 0.29) is 11.6 Å². The molecule has 1 amide bonds. The van der Waals surface area contributed by atoms with Gasteiger partial charge < -0.3 is 10.0 Å². The minimum absolute atomic E-state index is 0.175. The van der Waals surface area contributed by atoms with Crippen LogP contribution in [-0.4, -0.2) is 45.9 Å². The Morgan fingerprint density at radius 1 is 1.35 bits per heavy atom. The summed E-state index contributed by atoms with van der Waals surface area (Å²) in [5.74, 6) is -1.00. The zero-order valence-corrected chi connectivity index (χ0v) is 9.41. The summed E-state index contributed by atoms with van der Waals surface area (Å²) >= 11 is 0. The molecule has 1 aromatic carbocycles. The number of carboxylic acid groups (broad SMARTS) is 1. The Kier molecular flexibility index (Phi) is 2.55. The van der Waals surface area contributed by atoms with Crippen molar-refractivity contribution in [1.29, 1.82) is 0 Å². The third kappa shape index (κ3) is 1.84. The van der Waals surface area contributed by atoms with E-state index in [1.165, 1.54) is 27.9 Å². The second-order valence-electron chi connectivity index (χ2n) is 3.81. The predicted molar refractivity (Wildman–Crippen MR) is 61.2 cm³/mol. The number of aromatic nitrogens is 2. The maximum Gasteiger partial charge on any atom is 0.344 e. The molecule has 0 aliphatic rings. The number of rotatable bonds is 1. The standard InChI is InChI=1S/C11H11N3O3/c1-13(2)11(17)14-9-4-3-7(10(15)16)5-8(9)6-12-14/h3-6H,1-2H3,(H,15,16). The summed E-state index contributed by atoms with van der Waals surface area (Å²) in [6.45, 7) is 0. The summed E-state index contributed by atoms with van der Waals surface area (Å²) in [5.41, 5.74) is 0.767. The molecule has 6 nitrogen and oxygen atoms in total. The van der Waals surface area contributed by atoms with E-state index in [1.807, 2.05) is 0 Å². The van der Waals surface area contributed by atoms with Gasteiger partial charge in [-0.2, -0.15) is 9.78 Å². The van der Waals surface area contributed by atoms with E-state index < -0.39 is 5.97 Å². The Balaban J connectivity index is 2.56. The van der Waals surface area contributed by atoms with E-state index in [9.17, 15) is 9.59 Å². The Hall–Kier alpha value is -2.37. The van der Waals surface area contributed by atoms with Gasteiger partial charge in [0, 0.05) is 19.5 Å². The number of hydrogen-bond donors (Lipinski definition) is 1. The van der Waals surface area contributed by atoms with Gasteiger partial charge in [0.2, 0.25) is 0 Å². The number of hydrogen-bond acceptors (Lipinski definition) is 3. The second-order valence-corrected chi connectivity index (χ2v) is 3.81. The molecule has 0 spiro atoms. The van der Waals surface area contributed by atoms with E-state index in [0.29, 0.717) is 10.9 Å². The molecule has 0 atom stereocenters. The molecule has 6 heteroatoms. The average molecular weight is 233 g/mol. The Morgan fingerprint density at radius 3 is 2.65 bits per heavy atom. The van der Waals surface area contributed by atoms with Gasteiger partial charge in [-0.15, -0.1) is 0 Å². The van der Waals surface area contributed by atoms with Crippen LogP contribution in [0.1, 0.15) is 10.4 Å². The maximum atomic E-state index is 11.7. The number of carbonyl (C=O) groups excluding carboxylic acids is 1. The van der Waals surface area contributed by atoms with Crippen LogP contribution >= 0.6 is 0 Å². The van der Waals surface area contributed by atoms with Gasteiger partial charge in [0.05, 0.1) is 17.3 Å². The van der Waals surface area contributed by atoms with Gasteiger partial charge >= 0.3 is 12.0 Å². The van der Waals surface area contributed by atoms with Crippen LogP contribution in [0.4, 0.5) is 4.79 Å². The first kappa shape index (κ1) is 11.1. The van der Waals surface area contributed by atoms with Crippen molar-refractivity contribution >= 4 is 22.9 Å². The average Bonchev–Trinajstić information content (AvgIpc) is 2.70. The van der Waals surface area contributed by atoms with E-state index in [1.54, 1.807) is 20.2 Å². The highest BCUT2D eigenvalue weighted by Crippen LogP contribution is 2.16. The lowest BCUT2D eigenvalue weighted by Crippen LogP contribution is -2.27. The Labute approximate surface area is 97.1 Å². The monoisotopic (exact) mass is 233 g/mol. The Morgan fingerprint density at radius 2 is 2.06 bits per heavy atom. The molecule has 0 radical (unpaired) electrons. The van der Waals surface area contributed by atoms with E-state index in [2.05, 4.69) is 5.10 Å². The minimum atomic E-state index is -1.00. The highest BCUT2D eigenvalue weighted by atomic mass is 16.4. The largest absolute Gasteiger partial charge is 0.478 e. The van der Waals surface area contributed by atoms with E-state index in [4.69, 9.17) is 5.11 Å². The topological polar surface area (TPSA) is 75.4 Å². The van der Waals surface area contributed by atoms with Gasteiger partial charge in [0.1, 0.15) is 0 Å². The second kappa shape index (κ2) is 3.89. The number of aromatic carboxylic acids is 1. The first-order chi connectivity index (χ1) is 8.00. The smallest absolute Gasteiger partial charge is 0.344 e. The molecule has 2 rings (SSSR count). The molecule has 17 heavy (non-hydrogen) atoms. The number of nitrogens with zero attached hydrogens (tertiary/aromatic N) is 3. The van der Waals surface area contributed by atoms with Crippen LogP contribution in [0.15, 0.2) is 24.4 Å². The maximum absolute atomic E-state index is 11.7. The summed E-state index contributed by atoms with van der Waals surface area (Å²) in [6.07, 6.45) is 1.48. The summed E-state index contributed by atoms with van der Waals surface area (Å²) < 4.78 is 1.24. The minimum Gasteiger partial charge on any atom is -0.478 e. The van der Waals surface area contributed by atoms with Crippen molar-refractivity contribution in [3.8, 4) is 0 Å². The van der Waals surface area contributed by atoms with Crippen LogP contribution in [0.25, 0.3) is 10.9 Å². The molecule has 0 aliphatic carbocycles. The molecule has 0 saturated carbocycles. The number of carbonyl (C=O) groups is 2. The molecular formula is C11H11N3O3. The van der Waals surface area contributed by atoms with E-state index >= 15 is 0 Å². The lowest BCUT2D eigenvalue weighted by atomic mass is 10.1. The molecule has 88 valence electrons. The van der Waals surface area contributed by atoms with Crippen molar-refractivity contribution in [2.24, 2.45) is 0 Å². The van der Waals surface area contributed by atoms with Crippen LogP contribution < -0.4 is 0 Å². The quantitative estimate of drug-likeness (QED) is 0.804. The van der Waals surface area contributed by atoms with Crippen LogP contribution in [0, 0.1) is 0 Å². The molecule has 0 unspecified atom stereocenters. The summed E-state index contributed by atoms with van der Waals surface area (Å²) in [4.78, 5) is 23.9. The predicted octanol–water partition coefficient (Wildman–Crippen LogP) is 1.26. The van der Waals surface area contributed by atoms with Crippen LogP contribution in [0.5, 0.6) is 0 Å². The lowest BCUT2D eigenvalue weighted by molar-refractivity contribution is 0.0697. The number of carboxylic acids is 1. The van der Waals surface area contributed by atoms with Crippen molar-refractivity contribution < 1.29 is 14.7 Å². The molecule has 0 fully saturated rings. The molecule has 1 N–H and O–H groups in total. The summed E-state index contributed by atoms with van der Waals surface area (Å²) in [7, 11) is 3.25. The molecule has 1 aromatic heterocycles. The summed E-state index contributed by atoms with van der Waals surface area (Å²) in [5, 5.41) is 13.4. The third-order valence-corrected chi connectivity index (χ3v) is 2.38. The van der Waals surface area contributed by atoms with Crippen molar-refractivity contribution in [3.63, 3.8) is 0 Å². The number of fused-ring (bicyclic) bond motifs is 1. The fourth-order valence-corrected chi connectivity index (χ4v) is 1.51. The fourth-order valence-electron chi connectivity index (χ4n) is 1.51. The van der Waals surface area contributed by atoms with Gasteiger partial charge in [-0.3, -0.25) is 0 Å². The third-order valence-electron chi connectivity index (χ3n) is 2.38. The van der Waals surface area contributed by atoms with Gasteiger partial charge in [-0.1, -0.05) is 0 Å². The Bertz CT molecular complexity index is 601. The molecular weight excluding hydrogens is 222 g/mol. The number of benzene rings is 1. The van der Waals surface area contributed by atoms with Gasteiger partial charge in [0.15, 0.2) is 0 Å². The van der Waals surface area contributed by atoms with Crippen molar-refractivity contribution in [2.45, 2.75) is 0 Å². The highest BCUT2D eigenvalue weighted by molar-refractivity contribution is 5.95. The zero-order valence-electron chi connectivity index (χ0n) is 9.41. The molecule has 1 heterocycles. The zero-order chi connectivity index (χ0) is 12.6. The first-order valence-corrected chi connectivity index (χ1v) is 4.93. The molecule has 0 bridgehead atoms. The molecule has 2 aromatic rings. The van der Waals surface area contributed by atoms with Gasteiger partial charge in [-0.05, 0) is 18.2 Å². The van der Waals surface area contributed by atoms with Crippen molar-refractivity contribution in [3.05, 3.63) is 30.0 Å².